The second kappa shape index (κ2) is 4.76. The third kappa shape index (κ3) is 1.91. The van der Waals surface area contributed by atoms with Crippen molar-refractivity contribution in [3.05, 3.63) is 52.2 Å². The van der Waals surface area contributed by atoms with Crippen molar-refractivity contribution in [2.75, 3.05) is 0 Å². The number of aryl methyl sites for hydroxylation is 2. The maximum absolute atomic E-state index is 5.70. The number of hydrogen-bond acceptors (Lipinski definition) is 3. The molecular weight excluding hydrogens is 270 g/mol. The molecule has 0 amide bonds. The molecule has 5 heteroatoms. The quantitative estimate of drug-likeness (QED) is 0.721. The lowest BCUT2D eigenvalue weighted by molar-refractivity contribution is 0.503. The number of aromatic amines is 1. The fraction of sp³-hybridized carbons (Fsp3) is 0.200. The van der Waals surface area contributed by atoms with Crippen LogP contribution in [0, 0.1) is 25.5 Å². The van der Waals surface area contributed by atoms with Crippen molar-refractivity contribution < 1.29 is 4.42 Å². The number of nitrogens with one attached hydrogen (secondary N) is 1. The van der Waals surface area contributed by atoms with Gasteiger partial charge in [0.15, 0.2) is 10.6 Å². The van der Waals surface area contributed by atoms with Crippen molar-refractivity contribution in [1.29, 1.82) is 0 Å². The summed E-state index contributed by atoms with van der Waals surface area (Å²) >= 11 is 5.36. The van der Waals surface area contributed by atoms with Crippen molar-refractivity contribution in [3.63, 3.8) is 0 Å². The van der Waals surface area contributed by atoms with Crippen LogP contribution in [0.2, 0.25) is 0 Å². The van der Waals surface area contributed by atoms with E-state index in [0.29, 0.717) is 4.77 Å². The van der Waals surface area contributed by atoms with E-state index in [1.54, 1.807) is 0 Å². The molecule has 2 heterocycles. The smallest absolute Gasteiger partial charge is 0.200 e. The van der Waals surface area contributed by atoms with Gasteiger partial charge in [0.1, 0.15) is 11.5 Å². The van der Waals surface area contributed by atoms with Crippen LogP contribution in [0.5, 0.6) is 0 Å². The van der Waals surface area contributed by atoms with Crippen molar-refractivity contribution in [3.8, 4) is 17.1 Å². The molecule has 2 aromatic heterocycles. The first-order valence-corrected chi connectivity index (χ1v) is 6.80. The highest BCUT2D eigenvalue weighted by molar-refractivity contribution is 7.71. The highest BCUT2D eigenvalue weighted by Gasteiger charge is 2.19. The number of furan rings is 1. The molecule has 3 aromatic rings. The third-order valence-electron chi connectivity index (χ3n) is 3.47. The summed E-state index contributed by atoms with van der Waals surface area (Å²) in [5, 5.41) is 7.26. The summed E-state index contributed by atoms with van der Waals surface area (Å²) < 4.78 is 8.20. The molecule has 102 valence electrons. The molecule has 0 bridgehead atoms. The highest BCUT2D eigenvalue weighted by Crippen LogP contribution is 2.31. The molecule has 0 aliphatic carbocycles. The standard InChI is InChI=1S/C15H15N3OS/c1-9-10(2)19-11(3)13(9)14-16-17-15(20)18(14)12-7-5-4-6-8-12/h4-8H,1-3H3,(H,17,20). The van der Waals surface area contributed by atoms with E-state index in [4.69, 9.17) is 16.6 Å². The van der Waals surface area contributed by atoms with Gasteiger partial charge in [-0.25, -0.2) is 0 Å². The van der Waals surface area contributed by atoms with Crippen LogP contribution < -0.4 is 0 Å². The van der Waals surface area contributed by atoms with E-state index in [0.717, 1.165) is 34.2 Å². The molecular formula is C15H15N3OS. The van der Waals surface area contributed by atoms with Gasteiger partial charge in [-0.2, -0.15) is 5.10 Å². The topological polar surface area (TPSA) is 46.8 Å². The van der Waals surface area contributed by atoms with Crippen molar-refractivity contribution in [2.45, 2.75) is 20.8 Å². The van der Waals surface area contributed by atoms with Gasteiger partial charge >= 0.3 is 0 Å². The zero-order valence-corrected chi connectivity index (χ0v) is 12.4. The number of hydrogen-bond donors (Lipinski definition) is 1. The molecule has 20 heavy (non-hydrogen) atoms. The summed E-state index contributed by atoms with van der Waals surface area (Å²) in [5.74, 6) is 2.55. The molecule has 0 spiro atoms. The van der Waals surface area contributed by atoms with E-state index in [1.807, 2.05) is 55.7 Å². The molecule has 0 aliphatic rings. The second-order valence-electron chi connectivity index (χ2n) is 4.74. The van der Waals surface area contributed by atoms with Crippen LogP contribution in [0.4, 0.5) is 0 Å². The summed E-state index contributed by atoms with van der Waals surface area (Å²) in [6.45, 7) is 5.94. The van der Waals surface area contributed by atoms with E-state index in [2.05, 4.69) is 10.2 Å². The van der Waals surface area contributed by atoms with Gasteiger partial charge in [-0.3, -0.25) is 9.67 Å². The molecule has 0 unspecified atom stereocenters. The number of H-pyrrole nitrogens is 1. The van der Waals surface area contributed by atoms with Crippen LogP contribution in [0.25, 0.3) is 17.1 Å². The van der Waals surface area contributed by atoms with Crippen molar-refractivity contribution >= 4 is 12.2 Å². The van der Waals surface area contributed by atoms with Crippen LogP contribution in [0.3, 0.4) is 0 Å². The summed E-state index contributed by atoms with van der Waals surface area (Å²) in [4.78, 5) is 0. The Balaban J connectivity index is 2.30. The van der Waals surface area contributed by atoms with Gasteiger partial charge in [-0.05, 0) is 45.1 Å². The first kappa shape index (κ1) is 12.9. The van der Waals surface area contributed by atoms with Gasteiger partial charge in [0, 0.05) is 11.3 Å². The lowest BCUT2D eigenvalue weighted by Crippen LogP contribution is -1.98. The van der Waals surface area contributed by atoms with Gasteiger partial charge in [0.25, 0.3) is 0 Å². The predicted molar refractivity (Wildman–Crippen MR) is 80.7 cm³/mol. The maximum atomic E-state index is 5.70. The first-order valence-electron chi connectivity index (χ1n) is 6.39. The monoisotopic (exact) mass is 285 g/mol. The number of para-hydroxylation sites is 1. The average Bonchev–Trinajstić information content (AvgIpc) is 2.92. The SMILES string of the molecule is Cc1oc(C)c(-c2n[nH]c(=S)n2-c2ccccc2)c1C. The Bertz CT molecular complexity index is 812. The fourth-order valence-electron chi connectivity index (χ4n) is 2.40. The minimum absolute atomic E-state index is 0.573. The number of rotatable bonds is 2. The van der Waals surface area contributed by atoms with Crippen molar-refractivity contribution in [2.24, 2.45) is 0 Å². The Hall–Kier alpha value is -2.14. The Morgan fingerprint density at radius 2 is 1.80 bits per heavy atom. The molecule has 1 N–H and O–H groups in total. The average molecular weight is 285 g/mol. The Morgan fingerprint density at radius 3 is 2.40 bits per heavy atom. The van der Waals surface area contributed by atoms with Crippen LogP contribution in [0.1, 0.15) is 17.1 Å². The third-order valence-corrected chi connectivity index (χ3v) is 3.75. The first-order chi connectivity index (χ1) is 9.59. The molecule has 0 radical (unpaired) electrons. The lowest BCUT2D eigenvalue weighted by atomic mass is 10.1. The largest absolute Gasteiger partial charge is 0.466 e. The normalized spacial score (nSPS) is 10.9. The zero-order chi connectivity index (χ0) is 14.3. The molecule has 0 aliphatic heterocycles. The van der Waals surface area contributed by atoms with Gasteiger partial charge in [-0.1, -0.05) is 18.2 Å². The van der Waals surface area contributed by atoms with Gasteiger partial charge in [0.2, 0.25) is 0 Å². The van der Waals surface area contributed by atoms with E-state index in [9.17, 15) is 0 Å². The second-order valence-corrected chi connectivity index (χ2v) is 5.12. The van der Waals surface area contributed by atoms with Crippen LogP contribution >= 0.6 is 12.2 Å². The fourth-order valence-corrected chi connectivity index (χ4v) is 2.64. The van der Waals surface area contributed by atoms with Gasteiger partial charge in [-0.15, -0.1) is 0 Å². The summed E-state index contributed by atoms with van der Waals surface area (Å²) in [6.07, 6.45) is 0. The summed E-state index contributed by atoms with van der Waals surface area (Å²) in [7, 11) is 0. The van der Waals surface area contributed by atoms with Gasteiger partial charge in [0.05, 0.1) is 5.56 Å². The highest BCUT2D eigenvalue weighted by atomic mass is 32.1. The van der Waals surface area contributed by atoms with Gasteiger partial charge < -0.3 is 4.42 Å². The molecule has 3 rings (SSSR count). The van der Waals surface area contributed by atoms with Crippen molar-refractivity contribution in [1.82, 2.24) is 14.8 Å². The zero-order valence-electron chi connectivity index (χ0n) is 11.6. The molecule has 1 aromatic carbocycles. The molecule has 0 atom stereocenters. The summed E-state index contributed by atoms with van der Waals surface area (Å²) in [6, 6.07) is 9.95. The minimum Gasteiger partial charge on any atom is -0.466 e. The molecule has 0 saturated heterocycles. The number of aromatic nitrogens is 3. The Kier molecular flexibility index (Phi) is 3.06. The van der Waals surface area contributed by atoms with Crippen LogP contribution in [-0.4, -0.2) is 14.8 Å². The molecule has 0 fully saturated rings. The molecule has 4 nitrogen and oxygen atoms in total. The number of benzene rings is 1. The van der Waals surface area contributed by atoms with Crippen LogP contribution in [0.15, 0.2) is 34.7 Å². The lowest BCUT2D eigenvalue weighted by Gasteiger charge is -2.06. The van der Waals surface area contributed by atoms with Crippen LogP contribution in [-0.2, 0) is 0 Å². The minimum atomic E-state index is 0.573. The summed E-state index contributed by atoms with van der Waals surface area (Å²) in [5.41, 5.74) is 3.08. The van der Waals surface area contributed by atoms with E-state index >= 15 is 0 Å². The van der Waals surface area contributed by atoms with E-state index < -0.39 is 0 Å². The Morgan fingerprint density at radius 1 is 1.10 bits per heavy atom. The predicted octanol–water partition coefficient (Wildman–Crippen LogP) is 4.12. The van der Waals surface area contributed by atoms with E-state index in [1.165, 1.54) is 0 Å². The molecule has 0 saturated carbocycles. The maximum Gasteiger partial charge on any atom is 0.200 e. The van der Waals surface area contributed by atoms with E-state index in [-0.39, 0.29) is 0 Å². The number of nitrogens with zero attached hydrogens (tertiary/aromatic N) is 2. The Labute approximate surface area is 122 Å².